The van der Waals surface area contributed by atoms with Crippen molar-refractivity contribution in [3.05, 3.63) is 268 Å². The van der Waals surface area contributed by atoms with Gasteiger partial charge in [0.15, 0.2) is 0 Å². The predicted octanol–water partition coefficient (Wildman–Crippen LogP) is 14.1. The molecular formula is C63H48NP3. The number of anilines is 3. The van der Waals surface area contributed by atoms with E-state index in [4.69, 9.17) is 0 Å². The van der Waals surface area contributed by atoms with E-state index in [2.05, 4.69) is 262 Å². The number of nitrogens with zero attached hydrogens (tertiary/aromatic N) is 1. The molecule has 0 N–H and O–H groups in total. The molecule has 0 saturated carbocycles. The van der Waals surface area contributed by atoms with E-state index in [0.29, 0.717) is 0 Å². The Morgan fingerprint density at radius 1 is 0.254 bits per heavy atom. The van der Waals surface area contributed by atoms with Gasteiger partial charge in [0.2, 0.25) is 0 Å². The average Bonchev–Trinajstić information content (AvgIpc) is 3.67. The lowest BCUT2D eigenvalue weighted by molar-refractivity contribution is 1.28. The van der Waals surface area contributed by atoms with Crippen molar-refractivity contribution in [1.29, 1.82) is 0 Å². The summed E-state index contributed by atoms with van der Waals surface area (Å²) < 4.78 is 0. The zero-order valence-corrected chi connectivity index (χ0v) is 40.5. The number of benzene rings is 9. The van der Waals surface area contributed by atoms with Crippen molar-refractivity contribution in [2.45, 2.75) is 0 Å². The molecule has 12 rings (SSSR count). The second kappa shape index (κ2) is 17.5. The van der Waals surface area contributed by atoms with E-state index < -0.39 is 23.8 Å². The van der Waals surface area contributed by atoms with Gasteiger partial charge in [-0.2, -0.15) is 0 Å². The minimum atomic E-state index is -0.488. The molecule has 0 aromatic heterocycles. The Bertz CT molecular complexity index is 3080. The van der Waals surface area contributed by atoms with Gasteiger partial charge < -0.3 is 4.90 Å². The van der Waals surface area contributed by atoms with Crippen LogP contribution < -0.4 is 36.7 Å². The van der Waals surface area contributed by atoms with Crippen molar-refractivity contribution in [2.75, 3.05) is 24.9 Å². The Kier molecular flexibility index (Phi) is 10.9. The van der Waals surface area contributed by atoms with E-state index >= 15 is 0 Å². The Labute approximate surface area is 398 Å². The quantitative estimate of drug-likeness (QED) is 0.150. The van der Waals surface area contributed by atoms with Gasteiger partial charge in [0, 0.05) is 17.1 Å². The highest BCUT2D eigenvalue weighted by Gasteiger charge is 2.26. The Balaban J connectivity index is 0.971. The summed E-state index contributed by atoms with van der Waals surface area (Å²) in [4.78, 5) is 2.42. The first kappa shape index (κ1) is 41.7. The van der Waals surface area contributed by atoms with Crippen molar-refractivity contribution in [2.24, 2.45) is 0 Å². The molecule has 0 bridgehead atoms. The van der Waals surface area contributed by atoms with Gasteiger partial charge in [0.25, 0.3) is 0 Å². The van der Waals surface area contributed by atoms with Gasteiger partial charge in [-0.05, 0) is 197 Å². The van der Waals surface area contributed by atoms with Crippen LogP contribution in [0.1, 0.15) is 50.1 Å². The third-order valence-electron chi connectivity index (χ3n) is 13.8. The number of hydrogen-bond acceptors (Lipinski definition) is 1. The molecule has 9 aromatic rings. The Morgan fingerprint density at radius 3 is 0.776 bits per heavy atom. The molecule has 3 aliphatic heterocycles. The maximum absolute atomic E-state index is 2.42. The molecule has 3 aliphatic rings. The summed E-state index contributed by atoms with van der Waals surface area (Å²) >= 11 is 0. The van der Waals surface area contributed by atoms with Crippen LogP contribution in [0.5, 0.6) is 0 Å². The third-order valence-corrected chi connectivity index (χ3v) is 20.5. The Morgan fingerprint density at radius 2 is 0.493 bits per heavy atom. The second-order valence-corrected chi connectivity index (χ2v) is 23.8. The third kappa shape index (κ3) is 7.48. The van der Waals surface area contributed by atoms with Crippen LogP contribution in [0.2, 0.25) is 0 Å². The predicted molar refractivity (Wildman–Crippen MR) is 297 cm³/mol. The first-order valence-electron chi connectivity index (χ1n) is 23.0. The molecule has 4 heteroatoms. The molecule has 0 amide bonds. The van der Waals surface area contributed by atoms with E-state index in [1.807, 2.05) is 0 Å². The standard InChI is InChI=1S/C63H48NP3/c1-65-58-22-10-4-16-46(58)40-55(52-19-7-13-25-61(52)65)43-28-34-49(35-29-43)64(50-36-30-44(31-37-50)56-41-47-17-5-11-23-59(47)66(2)62-26-14-8-20-53(56)62)51-38-32-45(33-39-51)57-42-48-18-6-12-24-60(48)67(3)63-27-15-9-21-54(57)63/h4-42H,1-3H3. The average molecular weight is 912 g/mol. The second-order valence-electron chi connectivity index (χ2n) is 17.6. The number of fused-ring (bicyclic) bond motifs is 6. The van der Waals surface area contributed by atoms with Gasteiger partial charge in [-0.25, -0.2) is 0 Å². The zero-order chi connectivity index (χ0) is 45.0. The topological polar surface area (TPSA) is 3.24 Å². The lowest BCUT2D eigenvalue weighted by Gasteiger charge is -2.27. The van der Waals surface area contributed by atoms with Crippen LogP contribution in [-0.2, 0) is 0 Å². The summed E-state index contributed by atoms with van der Waals surface area (Å²) in [5, 5.41) is 8.57. The lowest BCUT2D eigenvalue weighted by atomic mass is 9.94. The molecule has 320 valence electrons. The molecular weight excluding hydrogens is 864 g/mol. The monoisotopic (exact) mass is 911 g/mol. The molecule has 1 nitrogen and oxygen atoms in total. The van der Waals surface area contributed by atoms with Crippen LogP contribution in [0, 0.1) is 0 Å². The van der Waals surface area contributed by atoms with E-state index in [0.717, 1.165) is 17.1 Å². The van der Waals surface area contributed by atoms with E-state index in [1.54, 1.807) is 0 Å². The molecule has 3 heterocycles. The van der Waals surface area contributed by atoms with Gasteiger partial charge in [-0.15, -0.1) is 0 Å². The van der Waals surface area contributed by atoms with Gasteiger partial charge >= 0.3 is 0 Å². The fourth-order valence-corrected chi connectivity index (χ4v) is 16.2. The summed E-state index contributed by atoms with van der Waals surface area (Å²) in [5.74, 6) is 0. The first-order valence-corrected chi connectivity index (χ1v) is 28.4. The summed E-state index contributed by atoms with van der Waals surface area (Å²) in [6, 6.07) is 81.6. The lowest BCUT2D eigenvalue weighted by Crippen LogP contribution is -2.14. The van der Waals surface area contributed by atoms with Gasteiger partial charge in [0.05, 0.1) is 0 Å². The fourth-order valence-electron chi connectivity index (χ4n) is 10.3. The minimum Gasteiger partial charge on any atom is -0.311 e. The van der Waals surface area contributed by atoms with Crippen molar-refractivity contribution in [3.8, 4) is 0 Å². The van der Waals surface area contributed by atoms with Crippen molar-refractivity contribution >= 4 is 108 Å². The molecule has 3 atom stereocenters. The largest absolute Gasteiger partial charge is 0.311 e. The van der Waals surface area contributed by atoms with Crippen LogP contribution >= 0.6 is 23.8 Å². The molecule has 3 unspecified atom stereocenters. The summed E-state index contributed by atoms with van der Waals surface area (Å²) in [6.07, 6.45) is 7.22. The highest BCUT2D eigenvalue weighted by molar-refractivity contribution is 7.73. The summed E-state index contributed by atoms with van der Waals surface area (Å²) in [7, 11) is -1.46. The van der Waals surface area contributed by atoms with Crippen LogP contribution in [0.4, 0.5) is 17.1 Å². The van der Waals surface area contributed by atoms with Gasteiger partial charge in [-0.3, -0.25) is 0 Å². The molecule has 0 spiro atoms. The van der Waals surface area contributed by atoms with Crippen molar-refractivity contribution < 1.29 is 0 Å². The van der Waals surface area contributed by atoms with Crippen molar-refractivity contribution in [1.82, 2.24) is 0 Å². The maximum Gasteiger partial charge on any atom is 0.0462 e. The molecule has 0 saturated heterocycles. The summed E-state index contributed by atoms with van der Waals surface area (Å²) in [5.41, 5.74) is 18.7. The smallest absolute Gasteiger partial charge is 0.0462 e. The first-order chi connectivity index (χ1) is 33.0. The molecule has 0 aliphatic carbocycles. The molecule has 9 aromatic carbocycles. The SMILES string of the molecule is CP1c2ccccc2C=C(c2ccc(N(c3ccc(C4=Cc5ccccc5P(C)c5ccccc54)cc3)c3ccc(C4=Cc5ccccc5P(C)c5ccccc54)cc3)cc2)c2ccccc21. The van der Waals surface area contributed by atoms with Crippen LogP contribution in [0.25, 0.3) is 34.9 Å². The van der Waals surface area contributed by atoms with Crippen molar-refractivity contribution in [3.63, 3.8) is 0 Å². The van der Waals surface area contributed by atoms with E-state index in [9.17, 15) is 0 Å². The minimum absolute atomic E-state index is 0.488. The van der Waals surface area contributed by atoms with E-state index in [-0.39, 0.29) is 0 Å². The molecule has 0 radical (unpaired) electrons. The number of hydrogen-bond donors (Lipinski definition) is 0. The van der Waals surface area contributed by atoms with Crippen LogP contribution in [-0.4, -0.2) is 20.0 Å². The van der Waals surface area contributed by atoms with Crippen LogP contribution in [0.15, 0.2) is 218 Å². The highest BCUT2D eigenvalue weighted by atomic mass is 31.1. The maximum atomic E-state index is 2.42. The van der Waals surface area contributed by atoms with Gasteiger partial charge in [0.1, 0.15) is 0 Å². The van der Waals surface area contributed by atoms with Gasteiger partial charge in [-0.1, -0.05) is 182 Å². The summed E-state index contributed by atoms with van der Waals surface area (Å²) in [6.45, 7) is 7.20. The Hall–Kier alpha value is -6.71. The zero-order valence-electron chi connectivity index (χ0n) is 37.8. The van der Waals surface area contributed by atoms with E-state index in [1.165, 1.54) is 98.6 Å². The molecule has 0 fully saturated rings. The molecule has 67 heavy (non-hydrogen) atoms. The highest BCUT2D eigenvalue weighted by Crippen LogP contribution is 2.45. The fraction of sp³-hybridized carbons (Fsp3) is 0.0476. The van der Waals surface area contributed by atoms with Crippen LogP contribution in [0.3, 0.4) is 0 Å². The normalized spacial score (nSPS) is 16.7. The number of rotatable bonds is 6.